The third-order valence-corrected chi connectivity index (χ3v) is 4.69. The van der Waals surface area contributed by atoms with Gasteiger partial charge in [0.25, 0.3) is 5.91 Å². The first-order chi connectivity index (χ1) is 12.1. The molecule has 0 spiro atoms. The van der Waals surface area contributed by atoms with E-state index in [0.29, 0.717) is 24.4 Å². The van der Waals surface area contributed by atoms with Gasteiger partial charge in [-0.3, -0.25) is 4.79 Å². The first-order valence-electron chi connectivity index (χ1n) is 8.45. The van der Waals surface area contributed by atoms with Gasteiger partial charge in [0.15, 0.2) is 5.82 Å². The molecular weight excluding hydrogens is 316 g/mol. The first kappa shape index (κ1) is 15.6. The summed E-state index contributed by atoms with van der Waals surface area (Å²) in [5, 5.41) is 10.6. The zero-order chi connectivity index (χ0) is 17.4. The van der Waals surface area contributed by atoms with Crippen molar-refractivity contribution in [1.29, 1.82) is 0 Å². The number of carbonyl (C=O) groups excluding carboxylic acids is 1. The van der Waals surface area contributed by atoms with Crippen molar-refractivity contribution in [2.75, 3.05) is 31.1 Å². The molecule has 1 amide bonds. The Morgan fingerprint density at radius 3 is 2.60 bits per heavy atom. The monoisotopic (exact) mass is 336 g/mol. The molecule has 0 bridgehead atoms. The van der Waals surface area contributed by atoms with Crippen LogP contribution in [0.4, 0.5) is 5.82 Å². The van der Waals surface area contributed by atoms with Crippen LogP contribution in [-0.4, -0.2) is 47.2 Å². The molecule has 0 saturated carbocycles. The summed E-state index contributed by atoms with van der Waals surface area (Å²) in [5.41, 5.74) is 0.663. The molecule has 0 aliphatic carbocycles. The van der Waals surface area contributed by atoms with Crippen LogP contribution in [0.3, 0.4) is 0 Å². The second-order valence-electron chi connectivity index (χ2n) is 6.36. The number of nitrogens with zero attached hydrogens (tertiary/aromatic N) is 4. The van der Waals surface area contributed by atoms with E-state index in [2.05, 4.69) is 21.2 Å². The van der Waals surface area contributed by atoms with E-state index in [0.717, 1.165) is 35.4 Å². The van der Waals surface area contributed by atoms with Crippen LogP contribution >= 0.6 is 0 Å². The van der Waals surface area contributed by atoms with Crippen molar-refractivity contribution in [2.45, 2.75) is 13.8 Å². The summed E-state index contributed by atoms with van der Waals surface area (Å²) in [6.45, 7) is 6.50. The van der Waals surface area contributed by atoms with Crippen LogP contribution in [0.1, 0.15) is 21.9 Å². The number of aromatic nitrogens is 2. The molecule has 2 aromatic heterocycles. The summed E-state index contributed by atoms with van der Waals surface area (Å²) in [4.78, 5) is 16.8. The highest BCUT2D eigenvalue weighted by molar-refractivity contribution is 5.95. The molecular formula is C19H20N4O2. The Balaban J connectivity index is 1.51. The average molecular weight is 336 g/mol. The lowest BCUT2D eigenvalue weighted by atomic mass is 10.1. The fourth-order valence-corrected chi connectivity index (χ4v) is 3.38. The van der Waals surface area contributed by atoms with Crippen molar-refractivity contribution in [3.8, 4) is 0 Å². The average Bonchev–Trinajstić information content (AvgIpc) is 2.99. The van der Waals surface area contributed by atoms with Gasteiger partial charge >= 0.3 is 0 Å². The predicted molar refractivity (Wildman–Crippen MR) is 95.8 cm³/mol. The number of aryl methyl sites for hydroxylation is 2. The maximum atomic E-state index is 12.7. The van der Waals surface area contributed by atoms with Gasteiger partial charge in [0.2, 0.25) is 0 Å². The highest BCUT2D eigenvalue weighted by atomic mass is 16.3. The van der Waals surface area contributed by atoms with Gasteiger partial charge in [-0.2, -0.15) is 5.10 Å². The van der Waals surface area contributed by atoms with E-state index in [-0.39, 0.29) is 5.91 Å². The molecule has 0 atom stereocenters. The van der Waals surface area contributed by atoms with Gasteiger partial charge < -0.3 is 14.2 Å². The van der Waals surface area contributed by atoms with Crippen molar-refractivity contribution >= 4 is 22.5 Å². The van der Waals surface area contributed by atoms with E-state index in [9.17, 15) is 4.79 Å². The third-order valence-electron chi connectivity index (χ3n) is 4.69. The van der Waals surface area contributed by atoms with Crippen molar-refractivity contribution in [3.05, 3.63) is 53.6 Å². The molecule has 4 rings (SSSR count). The minimum Gasteiger partial charge on any atom is -0.466 e. The molecule has 1 fully saturated rings. The van der Waals surface area contributed by atoms with E-state index < -0.39 is 0 Å². The number of hydrogen-bond acceptors (Lipinski definition) is 5. The van der Waals surface area contributed by atoms with Crippen LogP contribution in [0.5, 0.6) is 0 Å². The molecule has 1 aliphatic rings. The third kappa shape index (κ3) is 2.84. The largest absolute Gasteiger partial charge is 0.466 e. The number of piperazine rings is 1. The van der Waals surface area contributed by atoms with E-state index >= 15 is 0 Å². The number of amides is 1. The highest BCUT2D eigenvalue weighted by Crippen LogP contribution is 2.24. The second kappa shape index (κ2) is 6.20. The summed E-state index contributed by atoms with van der Waals surface area (Å²) >= 11 is 0. The minimum atomic E-state index is 0.0398. The molecule has 1 saturated heterocycles. The molecule has 0 unspecified atom stereocenters. The number of anilines is 1. The molecule has 1 aliphatic heterocycles. The van der Waals surface area contributed by atoms with Crippen molar-refractivity contribution < 1.29 is 9.21 Å². The summed E-state index contributed by atoms with van der Waals surface area (Å²) in [6.07, 6.45) is 1.78. The Morgan fingerprint density at radius 1 is 1.12 bits per heavy atom. The molecule has 25 heavy (non-hydrogen) atoms. The van der Waals surface area contributed by atoms with Gasteiger partial charge in [-0.05, 0) is 19.9 Å². The molecule has 0 radical (unpaired) electrons. The maximum Gasteiger partial charge on any atom is 0.257 e. The van der Waals surface area contributed by atoms with Crippen LogP contribution in [0.25, 0.3) is 10.8 Å². The molecule has 6 heteroatoms. The Bertz CT molecular complexity index is 921. The van der Waals surface area contributed by atoms with Crippen molar-refractivity contribution in [3.63, 3.8) is 0 Å². The summed E-state index contributed by atoms with van der Waals surface area (Å²) in [6, 6.07) is 9.93. The predicted octanol–water partition coefficient (Wildman–Crippen LogP) is 2.80. The number of furan rings is 1. The van der Waals surface area contributed by atoms with Crippen LogP contribution in [0, 0.1) is 13.8 Å². The van der Waals surface area contributed by atoms with E-state index in [4.69, 9.17) is 4.42 Å². The van der Waals surface area contributed by atoms with E-state index in [1.165, 1.54) is 0 Å². The van der Waals surface area contributed by atoms with Crippen LogP contribution in [0.2, 0.25) is 0 Å². The smallest absolute Gasteiger partial charge is 0.257 e. The molecule has 6 nitrogen and oxygen atoms in total. The van der Waals surface area contributed by atoms with E-state index in [1.54, 1.807) is 6.20 Å². The lowest BCUT2D eigenvalue weighted by Crippen LogP contribution is -2.49. The maximum absolute atomic E-state index is 12.7. The van der Waals surface area contributed by atoms with E-state index in [1.807, 2.05) is 43.0 Å². The fourth-order valence-electron chi connectivity index (χ4n) is 3.38. The fraction of sp³-hybridized carbons (Fsp3) is 0.316. The SMILES string of the molecule is Cc1cc(C(=O)N2CCN(c3nncc4ccccc34)CC2)c(C)o1. The highest BCUT2D eigenvalue weighted by Gasteiger charge is 2.26. The lowest BCUT2D eigenvalue weighted by Gasteiger charge is -2.35. The molecule has 3 heterocycles. The van der Waals surface area contributed by atoms with Crippen LogP contribution in [0.15, 0.2) is 40.9 Å². The molecule has 0 N–H and O–H groups in total. The summed E-state index contributed by atoms with van der Waals surface area (Å²) < 4.78 is 5.49. The molecule has 3 aromatic rings. The van der Waals surface area contributed by atoms with Gasteiger partial charge in [0.05, 0.1) is 11.8 Å². The Labute approximate surface area is 146 Å². The zero-order valence-corrected chi connectivity index (χ0v) is 14.4. The number of rotatable bonds is 2. The first-order valence-corrected chi connectivity index (χ1v) is 8.45. The quantitative estimate of drug-likeness (QED) is 0.720. The van der Waals surface area contributed by atoms with Crippen LogP contribution < -0.4 is 4.90 Å². The normalized spacial score (nSPS) is 15.0. The Hall–Kier alpha value is -2.89. The van der Waals surface area contributed by atoms with Gasteiger partial charge in [-0.15, -0.1) is 5.10 Å². The standard InChI is InChI=1S/C19H20N4O2/c1-13-11-17(14(2)25-13)19(24)23-9-7-22(8-10-23)18-16-6-4-3-5-15(16)12-20-21-18/h3-6,11-12H,7-10H2,1-2H3. The summed E-state index contributed by atoms with van der Waals surface area (Å²) in [5.74, 6) is 2.38. The van der Waals surface area contributed by atoms with Gasteiger partial charge in [0.1, 0.15) is 11.5 Å². The van der Waals surface area contributed by atoms with Gasteiger partial charge in [-0.1, -0.05) is 24.3 Å². The number of carbonyl (C=O) groups is 1. The topological polar surface area (TPSA) is 62.5 Å². The summed E-state index contributed by atoms with van der Waals surface area (Å²) in [7, 11) is 0. The van der Waals surface area contributed by atoms with Crippen molar-refractivity contribution in [1.82, 2.24) is 15.1 Å². The van der Waals surface area contributed by atoms with Gasteiger partial charge in [-0.25, -0.2) is 0 Å². The van der Waals surface area contributed by atoms with Crippen LogP contribution in [-0.2, 0) is 0 Å². The van der Waals surface area contributed by atoms with Crippen molar-refractivity contribution in [2.24, 2.45) is 0 Å². The number of hydrogen-bond donors (Lipinski definition) is 0. The minimum absolute atomic E-state index is 0.0398. The second-order valence-corrected chi connectivity index (χ2v) is 6.36. The van der Waals surface area contributed by atoms with Gasteiger partial charge in [0, 0.05) is 37.0 Å². The molecule has 128 valence electrons. The number of fused-ring (bicyclic) bond motifs is 1. The lowest BCUT2D eigenvalue weighted by molar-refractivity contribution is 0.0745. The zero-order valence-electron chi connectivity index (χ0n) is 14.4. The Morgan fingerprint density at radius 2 is 1.88 bits per heavy atom. The Kier molecular flexibility index (Phi) is 3.87. The molecule has 1 aromatic carbocycles. The number of benzene rings is 1.